The van der Waals surface area contributed by atoms with E-state index >= 15 is 0 Å². The van der Waals surface area contributed by atoms with Crippen LogP contribution in [0.15, 0.2) is 24.7 Å². The Balaban J connectivity index is 1.48. The minimum Gasteiger partial charge on any atom is -0.478 e. The third-order valence-electron chi connectivity index (χ3n) is 6.81. The van der Waals surface area contributed by atoms with Crippen LogP contribution in [0, 0.1) is 0 Å². The molecule has 0 aromatic carbocycles. The molecule has 0 radical (unpaired) electrons. The minimum atomic E-state index is -3.15. The molecule has 33 heavy (non-hydrogen) atoms. The Hall–Kier alpha value is -2.72. The van der Waals surface area contributed by atoms with Crippen molar-refractivity contribution in [3.63, 3.8) is 0 Å². The predicted molar refractivity (Wildman–Crippen MR) is 127 cm³/mol. The van der Waals surface area contributed by atoms with Gasteiger partial charge in [-0.15, -0.1) is 0 Å². The van der Waals surface area contributed by atoms with E-state index in [9.17, 15) is 8.42 Å². The number of aromatic amines is 1. The van der Waals surface area contributed by atoms with Gasteiger partial charge < -0.3 is 14.6 Å². The third kappa shape index (κ3) is 4.17. The maximum Gasteiger partial charge on any atom is 0.217 e. The van der Waals surface area contributed by atoms with E-state index in [4.69, 9.17) is 9.72 Å². The van der Waals surface area contributed by atoms with Crippen molar-refractivity contribution in [1.29, 1.82) is 0 Å². The quantitative estimate of drug-likeness (QED) is 0.611. The van der Waals surface area contributed by atoms with Gasteiger partial charge in [0.15, 0.2) is 0 Å². The number of hydrogen-bond acceptors (Lipinski definition) is 7. The molecule has 1 unspecified atom stereocenters. The summed E-state index contributed by atoms with van der Waals surface area (Å²) in [6.07, 6.45) is 7.24. The average molecular weight is 471 g/mol. The first-order chi connectivity index (χ1) is 15.8. The fourth-order valence-electron chi connectivity index (χ4n) is 5.12. The normalized spacial score (nSPS) is 20.2. The highest BCUT2D eigenvalue weighted by Crippen LogP contribution is 2.38. The Labute approximate surface area is 194 Å². The van der Waals surface area contributed by atoms with Crippen LogP contribution in [0.1, 0.15) is 49.6 Å². The first-order valence-electron chi connectivity index (χ1n) is 11.5. The van der Waals surface area contributed by atoms with Gasteiger partial charge in [0, 0.05) is 61.2 Å². The lowest BCUT2D eigenvalue weighted by molar-refractivity contribution is 0.317. The van der Waals surface area contributed by atoms with Crippen LogP contribution < -0.4 is 9.64 Å². The molecule has 5 rings (SSSR count). The van der Waals surface area contributed by atoms with Gasteiger partial charge in [0.05, 0.1) is 29.9 Å². The molecule has 3 aromatic heterocycles. The zero-order valence-electron chi connectivity index (χ0n) is 19.3. The minimum absolute atomic E-state index is 0.235. The summed E-state index contributed by atoms with van der Waals surface area (Å²) in [5.41, 5.74) is 5.23. The Kier molecular flexibility index (Phi) is 5.74. The van der Waals surface area contributed by atoms with Gasteiger partial charge in [-0.3, -0.25) is 0 Å². The van der Waals surface area contributed by atoms with Gasteiger partial charge in [0.2, 0.25) is 15.9 Å². The standard InChI is InChI=1S/C23H30N6O3S/c1-4-32-21-12-20(17-5-8-24-23(17)27-21)29-13-18-19(11-15(29)2)25-14-26-22(18)16-6-9-28(10-7-16)33(3,30)31/h5,8,12,14-16H,4,6-7,9-11,13H2,1-3H3,(H,24,27). The molecule has 0 saturated carbocycles. The number of hydrogen-bond donors (Lipinski definition) is 1. The van der Waals surface area contributed by atoms with E-state index in [1.165, 1.54) is 11.8 Å². The number of fused-ring (bicyclic) bond motifs is 2. The highest BCUT2D eigenvalue weighted by molar-refractivity contribution is 7.88. The van der Waals surface area contributed by atoms with E-state index in [-0.39, 0.29) is 12.0 Å². The molecule has 1 fully saturated rings. The summed E-state index contributed by atoms with van der Waals surface area (Å²) in [5.74, 6) is 0.844. The van der Waals surface area contributed by atoms with E-state index in [2.05, 4.69) is 32.8 Å². The highest BCUT2D eigenvalue weighted by Gasteiger charge is 2.33. The lowest BCUT2D eigenvalue weighted by atomic mass is 9.87. The topological polar surface area (TPSA) is 104 Å². The number of pyridine rings is 1. The number of piperidine rings is 1. The number of rotatable bonds is 5. The lowest BCUT2D eigenvalue weighted by Crippen LogP contribution is -2.41. The van der Waals surface area contributed by atoms with Crippen molar-refractivity contribution in [2.45, 2.75) is 51.6 Å². The van der Waals surface area contributed by atoms with Crippen molar-refractivity contribution in [2.75, 3.05) is 30.9 Å². The maximum absolute atomic E-state index is 11.9. The van der Waals surface area contributed by atoms with Gasteiger partial charge in [0.25, 0.3) is 0 Å². The molecule has 1 saturated heterocycles. The van der Waals surface area contributed by atoms with Crippen LogP contribution in [0.4, 0.5) is 5.69 Å². The summed E-state index contributed by atoms with van der Waals surface area (Å²) in [6.45, 7) is 6.51. The first kappa shape index (κ1) is 22.1. The van der Waals surface area contributed by atoms with Crippen LogP contribution in [-0.4, -0.2) is 64.7 Å². The Morgan fingerprint density at radius 3 is 2.76 bits per heavy atom. The third-order valence-corrected chi connectivity index (χ3v) is 8.11. The van der Waals surface area contributed by atoms with Crippen LogP contribution in [0.5, 0.6) is 5.88 Å². The molecule has 2 aliphatic heterocycles. The number of nitrogens with one attached hydrogen (secondary N) is 1. The number of anilines is 1. The molecule has 1 N–H and O–H groups in total. The van der Waals surface area contributed by atoms with Crippen LogP contribution >= 0.6 is 0 Å². The summed E-state index contributed by atoms with van der Waals surface area (Å²) in [6, 6.07) is 4.33. The van der Waals surface area contributed by atoms with Crippen LogP contribution in [0.25, 0.3) is 11.0 Å². The van der Waals surface area contributed by atoms with Crippen LogP contribution in [-0.2, 0) is 23.0 Å². The molecular weight excluding hydrogens is 440 g/mol. The monoisotopic (exact) mass is 470 g/mol. The molecule has 3 aromatic rings. The number of sulfonamides is 1. The van der Waals surface area contributed by atoms with Crippen molar-refractivity contribution in [1.82, 2.24) is 24.2 Å². The number of aromatic nitrogens is 4. The van der Waals surface area contributed by atoms with E-state index in [0.29, 0.717) is 32.1 Å². The van der Waals surface area contributed by atoms with Gasteiger partial charge in [-0.05, 0) is 32.8 Å². The maximum atomic E-state index is 11.9. The van der Waals surface area contributed by atoms with Gasteiger partial charge in [-0.25, -0.2) is 22.7 Å². The summed E-state index contributed by atoms with van der Waals surface area (Å²) < 4.78 is 31.2. The molecule has 176 valence electrons. The summed E-state index contributed by atoms with van der Waals surface area (Å²) in [5, 5.41) is 1.06. The first-order valence-corrected chi connectivity index (χ1v) is 13.3. The van der Waals surface area contributed by atoms with Gasteiger partial charge >= 0.3 is 0 Å². The van der Waals surface area contributed by atoms with Crippen molar-refractivity contribution in [3.8, 4) is 5.88 Å². The number of ether oxygens (including phenoxy) is 1. The summed E-state index contributed by atoms with van der Waals surface area (Å²) in [4.78, 5) is 19.5. The van der Waals surface area contributed by atoms with E-state index in [1.807, 2.05) is 19.2 Å². The smallest absolute Gasteiger partial charge is 0.217 e. The number of H-pyrrole nitrogens is 1. The molecule has 10 heteroatoms. The summed E-state index contributed by atoms with van der Waals surface area (Å²) in [7, 11) is -3.15. The lowest BCUT2D eigenvalue weighted by Gasteiger charge is -2.38. The molecular formula is C23H30N6O3S. The van der Waals surface area contributed by atoms with Crippen molar-refractivity contribution in [2.24, 2.45) is 0 Å². The molecule has 1 atom stereocenters. The molecule has 9 nitrogen and oxygen atoms in total. The number of nitrogens with zero attached hydrogens (tertiary/aromatic N) is 5. The molecule has 5 heterocycles. The zero-order valence-corrected chi connectivity index (χ0v) is 20.1. The van der Waals surface area contributed by atoms with Gasteiger partial charge in [-0.1, -0.05) is 0 Å². The largest absolute Gasteiger partial charge is 0.478 e. The molecule has 0 aliphatic carbocycles. The molecule has 0 spiro atoms. The fraction of sp³-hybridized carbons (Fsp3) is 0.522. The summed E-state index contributed by atoms with van der Waals surface area (Å²) >= 11 is 0. The van der Waals surface area contributed by atoms with Crippen LogP contribution in [0.2, 0.25) is 0 Å². The van der Waals surface area contributed by atoms with E-state index in [1.54, 1.807) is 10.6 Å². The average Bonchev–Trinajstić information content (AvgIpc) is 3.26. The Morgan fingerprint density at radius 2 is 2.03 bits per heavy atom. The second-order valence-corrected chi connectivity index (χ2v) is 10.9. The van der Waals surface area contributed by atoms with Gasteiger partial charge in [-0.2, -0.15) is 4.98 Å². The van der Waals surface area contributed by atoms with Crippen molar-refractivity contribution < 1.29 is 13.2 Å². The van der Waals surface area contributed by atoms with Gasteiger partial charge in [0.1, 0.15) is 12.0 Å². The Morgan fingerprint density at radius 1 is 1.24 bits per heavy atom. The van der Waals surface area contributed by atoms with E-state index < -0.39 is 10.0 Å². The zero-order chi connectivity index (χ0) is 23.2. The Bertz CT molecular complexity index is 1270. The van der Waals surface area contributed by atoms with Crippen molar-refractivity contribution >= 4 is 26.7 Å². The van der Waals surface area contributed by atoms with Crippen LogP contribution in [0.3, 0.4) is 0 Å². The van der Waals surface area contributed by atoms with E-state index in [0.717, 1.165) is 47.4 Å². The second kappa shape index (κ2) is 8.57. The molecule has 2 aliphatic rings. The molecule has 0 amide bonds. The van der Waals surface area contributed by atoms with Crippen molar-refractivity contribution in [3.05, 3.63) is 41.6 Å². The second-order valence-electron chi connectivity index (χ2n) is 8.95. The molecule has 0 bridgehead atoms. The predicted octanol–water partition coefficient (Wildman–Crippen LogP) is 2.84. The fourth-order valence-corrected chi connectivity index (χ4v) is 5.99. The highest BCUT2D eigenvalue weighted by atomic mass is 32.2. The SMILES string of the molecule is CCOc1cc(N2Cc3c(ncnc3C3CCN(S(C)(=O)=O)CC3)CC2C)c2cc[nH]c2n1.